The summed E-state index contributed by atoms with van der Waals surface area (Å²) < 4.78 is 12.1. The molecule has 0 unspecified atom stereocenters. The monoisotopic (exact) mass is 303 g/mol. The summed E-state index contributed by atoms with van der Waals surface area (Å²) in [6.45, 7) is 1.55. The highest BCUT2D eigenvalue weighted by Crippen LogP contribution is 2.24. The second kappa shape index (κ2) is 6.25. The number of ether oxygens (including phenoxy) is 2. The van der Waals surface area contributed by atoms with Gasteiger partial charge in [0.2, 0.25) is 0 Å². The molecule has 2 aromatic rings. The molecule has 0 aliphatic carbocycles. The van der Waals surface area contributed by atoms with E-state index in [0.717, 1.165) is 6.42 Å². The zero-order valence-corrected chi connectivity index (χ0v) is 12.2. The molecule has 1 aromatic carbocycles. The summed E-state index contributed by atoms with van der Waals surface area (Å²) in [5, 5.41) is 13.9. The Morgan fingerprint density at radius 3 is 3.00 bits per heavy atom. The number of hydrogen-bond acceptors (Lipinski definition) is 5. The Bertz CT molecular complexity index is 677. The molecule has 1 N–H and O–H groups in total. The molecular formula is C15H17N3O4. The summed E-state index contributed by atoms with van der Waals surface area (Å²) in [5.74, 6) is 0.400. The lowest BCUT2D eigenvalue weighted by atomic mass is 10.1. The lowest BCUT2D eigenvalue weighted by Crippen LogP contribution is -2.10. The average Bonchev–Trinajstić information content (AvgIpc) is 3.16. The number of methoxy groups -OCH3 is 1. The molecule has 0 amide bonds. The largest absolute Gasteiger partial charge is 0.478 e. The molecule has 116 valence electrons. The van der Waals surface area contributed by atoms with Gasteiger partial charge in [0.25, 0.3) is 0 Å². The lowest BCUT2D eigenvalue weighted by Gasteiger charge is -2.08. The van der Waals surface area contributed by atoms with E-state index in [1.807, 2.05) is 0 Å². The van der Waals surface area contributed by atoms with Crippen LogP contribution in [0.5, 0.6) is 0 Å². The van der Waals surface area contributed by atoms with Gasteiger partial charge in [-0.05, 0) is 18.6 Å². The van der Waals surface area contributed by atoms with E-state index in [1.165, 1.54) is 0 Å². The third-order valence-corrected chi connectivity index (χ3v) is 3.62. The highest BCUT2D eigenvalue weighted by atomic mass is 16.5. The second-order valence-electron chi connectivity index (χ2n) is 5.11. The van der Waals surface area contributed by atoms with Gasteiger partial charge in [-0.1, -0.05) is 12.1 Å². The van der Waals surface area contributed by atoms with Crippen LogP contribution in [0.4, 0.5) is 0 Å². The molecule has 1 atom stereocenters. The molecule has 0 bridgehead atoms. The van der Waals surface area contributed by atoms with Gasteiger partial charge >= 0.3 is 5.97 Å². The predicted molar refractivity (Wildman–Crippen MR) is 77.2 cm³/mol. The zero-order valence-electron chi connectivity index (χ0n) is 12.2. The Morgan fingerprint density at radius 1 is 1.50 bits per heavy atom. The Labute approximate surface area is 127 Å². The molecule has 7 nitrogen and oxygen atoms in total. The summed E-state index contributed by atoms with van der Waals surface area (Å²) in [7, 11) is 1.57. The van der Waals surface area contributed by atoms with Crippen LogP contribution in [0.1, 0.15) is 34.3 Å². The SMILES string of the molecule is COCc1nc([C@H]2CCOC2)nn1-c1ccccc1C(=O)O. The molecule has 0 radical (unpaired) electrons. The Hall–Kier alpha value is -2.25. The summed E-state index contributed by atoms with van der Waals surface area (Å²) in [6, 6.07) is 6.73. The molecular weight excluding hydrogens is 286 g/mol. The van der Waals surface area contributed by atoms with Gasteiger partial charge in [0.05, 0.1) is 17.9 Å². The van der Waals surface area contributed by atoms with Crippen molar-refractivity contribution >= 4 is 5.97 Å². The standard InChI is InChI=1S/C15H17N3O4/c1-21-9-13-16-14(10-6-7-22-8-10)17-18(13)12-5-3-2-4-11(12)15(19)20/h2-5,10H,6-9H2,1H3,(H,19,20)/t10-/m0/s1. The summed E-state index contributed by atoms with van der Waals surface area (Å²) in [5.41, 5.74) is 0.665. The van der Waals surface area contributed by atoms with Crippen LogP contribution < -0.4 is 0 Å². The van der Waals surface area contributed by atoms with Crippen LogP contribution in [0.25, 0.3) is 5.69 Å². The van der Waals surface area contributed by atoms with Gasteiger partial charge in [-0.3, -0.25) is 0 Å². The van der Waals surface area contributed by atoms with Crippen molar-refractivity contribution in [2.75, 3.05) is 20.3 Å². The molecule has 0 saturated carbocycles. The van der Waals surface area contributed by atoms with Crippen LogP contribution in [-0.2, 0) is 16.1 Å². The van der Waals surface area contributed by atoms with Gasteiger partial charge < -0.3 is 14.6 Å². The van der Waals surface area contributed by atoms with Crippen molar-refractivity contribution in [3.05, 3.63) is 41.5 Å². The number of carbonyl (C=O) groups is 1. The van der Waals surface area contributed by atoms with E-state index >= 15 is 0 Å². The minimum Gasteiger partial charge on any atom is -0.478 e. The van der Waals surface area contributed by atoms with E-state index in [1.54, 1.807) is 36.1 Å². The Morgan fingerprint density at radius 2 is 2.32 bits per heavy atom. The van der Waals surface area contributed by atoms with Crippen molar-refractivity contribution in [1.82, 2.24) is 14.8 Å². The van der Waals surface area contributed by atoms with Gasteiger partial charge in [-0.15, -0.1) is 0 Å². The van der Waals surface area contributed by atoms with Crippen molar-refractivity contribution in [3.8, 4) is 5.69 Å². The van der Waals surface area contributed by atoms with E-state index in [-0.39, 0.29) is 18.1 Å². The predicted octanol–water partition coefficient (Wildman–Crippen LogP) is 1.62. The maximum atomic E-state index is 11.4. The Kier molecular flexibility index (Phi) is 4.17. The highest BCUT2D eigenvalue weighted by molar-refractivity contribution is 5.91. The quantitative estimate of drug-likeness (QED) is 0.903. The number of para-hydroxylation sites is 1. The van der Waals surface area contributed by atoms with E-state index in [4.69, 9.17) is 9.47 Å². The molecule has 7 heteroatoms. The van der Waals surface area contributed by atoms with Crippen LogP contribution in [0.2, 0.25) is 0 Å². The molecule has 0 spiro atoms. The maximum absolute atomic E-state index is 11.4. The molecule has 22 heavy (non-hydrogen) atoms. The first-order chi connectivity index (χ1) is 10.7. The van der Waals surface area contributed by atoms with E-state index in [0.29, 0.717) is 30.5 Å². The highest BCUT2D eigenvalue weighted by Gasteiger charge is 2.25. The third kappa shape index (κ3) is 2.72. The zero-order chi connectivity index (χ0) is 15.5. The summed E-state index contributed by atoms with van der Waals surface area (Å²) >= 11 is 0. The fourth-order valence-corrected chi connectivity index (χ4v) is 2.53. The lowest BCUT2D eigenvalue weighted by molar-refractivity contribution is 0.0696. The maximum Gasteiger partial charge on any atom is 0.337 e. The van der Waals surface area contributed by atoms with Crippen LogP contribution in [0, 0.1) is 0 Å². The number of carboxylic acids is 1. The summed E-state index contributed by atoms with van der Waals surface area (Å²) in [4.78, 5) is 15.9. The molecule has 2 heterocycles. The number of rotatable bonds is 5. The second-order valence-corrected chi connectivity index (χ2v) is 5.11. The van der Waals surface area contributed by atoms with Gasteiger partial charge in [-0.25, -0.2) is 14.5 Å². The fraction of sp³-hybridized carbons (Fsp3) is 0.400. The topological polar surface area (TPSA) is 86.5 Å². The van der Waals surface area contributed by atoms with Crippen molar-refractivity contribution in [2.45, 2.75) is 18.9 Å². The fourth-order valence-electron chi connectivity index (χ4n) is 2.53. The van der Waals surface area contributed by atoms with E-state index in [9.17, 15) is 9.90 Å². The van der Waals surface area contributed by atoms with Crippen molar-refractivity contribution in [3.63, 3.8) is 0 Å². The number of aromatic nitrogens is 3. The molecule has 1 aliphatic heterocycles. The van der Waals surface area contributed by atoms with Gasteiger partial charge in [0, 0.05) is 19.6 Å². The van der Waals surface area contributed by atoms with Crippen molar-refractivity contribution in [2.24, 2.45) is 0 Å². The van der Waals surface area contributed by atoms with Gasteiger partial charge in [-0.2, -0.15) is 5.10 Å². The minimum atomic E-state index is -1.000. The molecule has 1 fully saturated rings. The van der Waals surface area contributed by atoms with Crippen molar-refractivity contribution < 1.29 is 19.4 Å². The number of nitrogens with zero attached hydrogens (tertiary/aromatic N) is 3. The van der Waals surface area contributed by atoms with Crippen LogP contribution in [0.3, 0.4) is 0 Å². The van der Waals surface area contributed by atoms with Crippen LogP contribution in [-0.4, -0.2) is 46.2 Å². The number of carboxylic acid groups (broad SMARTS) is 1. The third-order valence-electron chi connectivity index (χ3n) is 3.62. The van der Waals surface area contributed by atoms with Crippen LogP contribution >= 0.6 is 0 Å². The van der Waals surface area contributed by atoms with Gasteiger partial charge in [0.15, 0.2) is 11.6 Å². The van der Waals surface area contributed by atoms with Crippen molar-refractivity contribution in [1.29, 1.82) is 0 Å². The first kappa shape index (κ1) is 14.7. The molecule has 1 aliphatic rings. The Balaban J connectivity index is 2.07. The smallest absolute Gasteiger partial charge is 0.337 e. The molecule has 3 rings (SSSR count). The van der Waals surface area contributed by atoms with Gasteiger partial charge in [0.1, 0.15) is 6.61 Å². The number of hydrogen-bond donors (Lipinski definition) is 1. The van der Waals surface area contributed by atoms with E-state index < -0.39 is 5.97 Å². The van der Waals surface area contributed by atoms with Crippen LogP contribution in [0.15, 0.2) is 24.3 Å². The summed E-state index contributed by atoms with van der Waals surface area (Å²) in [6.07, 6.45) is 0.872. The number of aromatic carboxylic acids is 1. The molecule has 1 saturated heterocycles. The first-order valence-electron chi connectivity index (χ1n) is 7.06. The first-order valence-corrected chi connectivity index (χ1v) is 7.06. The average molecular weight is 303 g/mol. The minimum absolute atomic E-state index is 0.147. The molecule has 1 aromatic heterocycles. The normalized spacial score (nSPS) is 17.8. The van der Waals surface area contributed by atoms with E-state index in [2.05, 4.69) is 10.1 Å². The number of benzene rings is 1.